The van der Waals surface area contributed by atoms with Gasteiger partial charge in [-0.3, -0.25) is 4.79 Å². The Morgan fingerprint density at radius 1 is 1.80 bits per heavy atom. The molecule has 0 saturated heterocycles. The summed E-state index contributed by atoms with van der Waals surface area (Å²) in [6.07, 6.45) is 0. The van der Waals surface area contributed by atoms with E-state index < -0.39 is 0 Å². The average molecular weight is 73.1 g/mol. The van der Waals surface area contributed by atoms with Crippen molar-refractivity contribution in [1.29, 1.82) is 0 Å². The van der Waals surface area contributed by atoms with Gasteiger partial charge in [0.25, 0.3) is 6.47 Å². The van der Waals surface area contributed by atoms with Crippen LogP contribution in [0.2, 0.25) is 0 Å². The Morgan fingerprint density at radius 2 is 2.40 bits per heavy atom. The first-order chi connectivity index (χ1) is 2.41. The van der Waals surface area contributed by atoms with E-state index in [1.54, 1.807) is 6.92 Å². The maximum atomic E-state index is 9.15. The van der Waals surface area contributed by atoms with E-state index in [4.69, 9.17) is 4.79 Å². The zero-order valence-electron chi connectivity index (χ0n) is 2.97. The van der Waals surface area contributed by atoms with Crippen molar-refractivity contribution in [1.82, 2.24) is 0 Å². The summed E-state index contributed by atoms with van der Waals surface area (Å²) in [7, 11) is 0. The fourth-order valence-corrected chi connectivity index (χ4v) is 0.0556. The quantitative estimate of drug-likeness (QED) is 0.440. The SMILES string of the molecule is C[CH]OC=O. The van der Waals surface area contributed by atoms with Gasteiger partial charge < -0.3 is 4.74 Å². The van der Waals surface area contributed by atoms with E-state index in [1.807, 2.05) is 0 Å². The van der Waals surface area contributed by atoms with Crippen LogP contribution in [0, 0.1) is 6.61 Å². The molecule has 2 heteroatoms. The predicted molar refractivity (Wildman–Crippen MR) is 17.1 cm³/mol. The van der Waals surface area contributed by atoms with Gasteiger partial charge in [0.2, 0.25) is 0 Å². The van der Waals surface area contributed by atoms with E-state index >= 15 is 0 Å². The Balaban J connectivity index is 2.40. The van der Waals surface area contributed by atoms with Crippen molar-refractivity contribution in [2.45, 2.75) is 6.92 Å². The van der Waals surface area contributed by atoms with Gasteiger partial charge in [0.05, 0.1) is 0 Å². The number of hydrogen-bond acceptors (Lipinski definition) is 2. The Morgan fingerprint density at radius 3 is 2.40 bits per heavy atom. The van der Waals surface area contributed by atoms with Crippen LogP contribution in [0.3, 0.4) is 0 Å². The van der Waals surface area contributed by atoms with Crippen molar-refractivity contribution in [3.63, 3.8) is 0 Å². The molecule has 0 spiro atoms. The monoisotopic (exact) mass is 73.0 g/mol. The largest absolute Gasteiger partial charge is 0.461 e. The lowest BCUT2D eigenvalue weighted by molar-refractivity contribution is -0.125. The number of rotatable bonds is 2. The minimum atomic E-state index is 0.375. The molecule has 5 heavy (non-hydrogen) atoms. The molecule has 2 nitrogen and oxygen atoms in total. The highest BCUT2D eigenvalue weighted by molar-refractivity contribution is 5.37. The summed E-state index contributed by atoms with van der Waals surface area (Å²) in [5, 5.41) is 0. The van der Waals surface area contributed by atoms with Crippen LogP contribution in [0.25, 0.3) is 0 Å². The zero-order chi connectivity index (χ0) is 4.12. The fraction of sp³-hybridized carbons (Fsp3) is 0.333. The molecule has 0 aromatic heterocycles. The normalized spacial score (nSPS) is 6.60. The highest BCUT2D eigenvalue weighted by Gasteiger charge is 1.62. The molecule has 0 rings (SSSR count). The van der Waals surface area contributed by atoms with Crippen LogP contribution >= 0.6 is 0 Å². The second-order valence-electron chi connectivity index (χ2n) is 0.468. The molecular weight excluding hydrogens is 68.0 g/mol. The van der Waals surface area contributed by atoms with Crippen LogP contribution in [0.15, 0.2) is 0 Å². The van der Waals surface area contributed by atoms with Gasteiger partial charge in [0, 0.05) is 0 Å². The molecule has 0 aliphatic carbocycles. The van der Waals surface area contributed by atoms with E-state index in [2.05, 4.69) is 4.74 Å². The first-order valence-corrected chi connectivity index (χ1v) is 1.28. The van der Waals surface area contributed by atoms with Gasteiger partial charge in [-0.25, -0.2) is 0 Å². The highest BCUT2D eigenvalue weighted by atomic mass is 16.5. The van der Waals surface area contributed by atoms with Crippen molar-refractivity contribution >= 4 is 6.47 Å². The van der Waals surface area contributed by atoms with Crippen LogP contribution < -0.4 is 0 Å². The average Bonchev–Trinajstić information content (AvgIpc) is 1.41. The van der Waals surface area contributed by atoms with Crippen LogP contribution in [0.4, 0.5) is 0 Å². The van der Waals surface area contributed by atoms with Gasteiger partial charge >= 0.3 is 0 Å². The Hall–Kier alpha value is -0.530. The van der Waals surface area contributed by atoms with Crippen molar-refractivity contribution in [3.05, 3.63) is 6.61 Å². The van der Waals surface area contributed by atoms with E-state index in [1.165, 1.54) is 6.61 Å². The van der Waals surface area contributed by atoms with Crippen LogP contribution in [-0.2, 0) is 9.53 Å². The van der Waals surface area contributed by atoms with Crippen LogP contribution in [-0.4, -0.2) is 6.47 Å². The minimum absolute atomic E-state index is 0.375. The third-order valence-corrected chi connectivity index (χ3v) is 0.192. The molecular formula is C3H5O2. The number of ether oxygens (including phenoxy) is 1. The maximum absolute atomic E-state index is 9.15. The molecule has 0 heterocycles. The summed E-state index contributed by atoms with van der Waals surface area (Å²) in [4.78, 5) is 9.15. The molecule has 0 aliphatic heterocycles. The molecule has 0 unspecified atom stereocenters. The topological polar surface area (TPSA) is 26.3 Å². The van der Waals surface area contributed by atoms with Gasteiger partial charge in [0.1, 0.15) is 6.61 Å². The standard InChI is InChI=1S/C3H5O2/c1-2-5-3-4/h2-3H,1H3. The van der Waals surface area contributed by atoms with Crippen molar-refractivity contribution in [2.75, 3.05) is 0 Å². The third kappa shape index (κ3) is 3.47. The lowest BCUT2D eigenvalue weighted by Crippen LogP contribution is -1.73. The first-order valence-electron chi connectivity index (χ1n) is 1.28. The number of carbonyl (C=O) groups excluding carboxylic acids is 1. The van der Waals surface area contributed by atoms with E-state index in [0.29, 0.717) is 6.47 Å². The minimum Gasteiger partial charge on any atom is -0.461 e. The predicted octanol–water partition coefficient (Wildman–Crippen LogP) is 0.341. The van der Waals surface area contributed by atoms with Gasteiger partial charge in [-0.1, -0.05) is 0 Å². The first kappa shape index (κ1) is 4.47. The summed E-state index contributed by atoms with van der Waals surface area (Å²) < 4.78 is 4.03. The van der Waals surface area contributed by atoms with Crippen molar-refractivity contribution in [3.8, 4) is 0 Å². The highest BCUT2D eigenvalue weighted by Crippen LogP contribution is 1.65. The molecule has 0 saturated carbocycles. The molecule has 29 valence electrons. The fourth-order valence-electron chi connectivity index (χ4n) is 0.0556. The van der Waals surface area contributed by atoms with Gasteiger partial charge in [-0.15, -0.1) is 0 Å². The van der Waals surface area contributed by atoms with E-state index in [0.717, 1.165) is 0 Å². The van der Waals surface area contributed by atoms with Gasteiger partial charge in [-0.2, -0.15) is 0 Å². The summed E-state index contributed by atoms with van der Waals surface area (Å²) in [6, 6.07) is 0. The second kappa shape index (κ2) is 3.47. The Kier molecular flexibility index (Phi) is 3.10. The summed E-state index contributed by atoms with van der Waals surface area (Å²) in [6.45, 7) is 3.32. The smallest absolute Gasteiger partial charge is 0.293 e. The molecule has 0 aromatic rings. The van der Waals surface area contributed by atoms with E-state index in [9.17, 15) is 0 Å². The van der Waals surface area contributed by atoms with Crippen molar-refractivity contribution in [2.24, 2.45) is 0 Å². The van der Waals surface area contributed by atoms with Crippen molar-refractivity contribution < 1.29 is 9.53 Å². The van der Waals surface area contributed by atoms with Crippen LogP contribution in [0.1, 0.15) is 6.92 Å². The molecule has 0 N–H and O–H groups in total. The molecule has 0 aliphatic rings. The molecule has 0 bridgehead atoms. The lowest BCUT2D eigenvalue weighted by Gasteiger charge is -1.78. The summed E-state index contributed by atoms with van der Waals surface area (Å²) in [5.74, 6) is 0. The number of carbonyl (C=O) groups is 1. The third-order valence-electron chi connectivity index (χ3n) is 0.192. The van der Waals surface area contributed by atoms with Gasteiger partial charge in [0.15, 0.2) is 0 Å². The molecule has 0 aromatic carbocycles. The summed E-state index contributed by atoms with van der Waals surface area (Å²) in [5.41, 5.74) is 0. The van der Waals surface area contributed by atoms with Gasteiger partial charge in [-0.05, 0) is 6.92 Å². The zero-order valence-corrected chi connectivity index (χ0v) is 2.97. The second-order valence-corrected chi connectivity index (χ2v) is 0.468. The molecule has 1 radical (unpaired) electrons. The van der Waals surface area contributed by atoms with Crippen LogP contribution in [0.5, 0.6) is 0 Å². The molecule has 0 atom stereocenters. The number of hydrogen-bond donors (Lipinski definition) is 0. The van der Waals surface area contributed by atoms with E-state index in [-0.39, 0.29) is 0 Å². The summed E-state index contributed by atoms with van der Waals surface area (Å²) >= 11 is 0. The lowest BCUT2D eigenvalue weighted by atomic mass is 10.9. The maximum Gasteiger partial charge on any atom is 0.293 e. The Labute approximate surface area is 30.7 Å². The Bertz CT molecular complexity index is 26.1. The molecule has 0 amide bonds. The molecule has 0 fully saturated rings.